The molecule has 0 aliphatic rings. The Morgan fingerprint density at radius 3 is 2.90 bits per heavy atom. The number of fused-ring (bicyclic) bond motifs is 1. The lowest BCUT2D eigenvalue weighted by molar-refractivity contribution is 0.172. The quantitative estimate of drug-likeness (QED) is 0.406. The highest BCUT2D eigenvalue weighted by atomic mass is 32.2. The number of hydrogen-bond acceptors (Lipinski definition) is 6. The predicted octanol–water partition coefficient (Wildman–Crippen LogP) is 3.00. The van der Waals surface area contributed by atoms with Gasteiger partial charge in [0, 0.05) is 38.0 Å². The largest absolute Gasteiger partial charge is 0.493 e. The molecule has 1 N–H and O–H groups in total. The van der Waals surface area contributed by atoms with Gasteiger partial charge in [-0.25, -0.2) is 4.98 Å². The molecule has 0 bridgehead atoms. The third-order valence-corrected chi connectivity index (χ3v) is 5.41. The molecule has 152 valence electrons. The van der Waals surface area contributed by atoms with Crippen molar-refractivity contribution in [2.45, 2.75) is 24.3 Å². The Hall–Kier alpha value is -2.89. The molecule has 0 spiro atoms. The average Bonchev–Trinajstić information content (AvgIpc) is 3.15. The van der Waals surface area contributed by atoms with Crippen molar-refractivity contribution in [3.8, 4) is 23.8 Å². The first-order valence-corrected chi connectivity index (χ1v) is 10.4. The molecular formula is C21H23N3O4S. The topological polar surface area (TPSA) is 86.3 Å². The molecule has 2 aromatic heterocycles. The predicted molar refractivity (Wildman–Crippen MR) is 111 cm³/mol. The summed E-state index contributed by atoms with van der Waals surface area (Å²) in [5.74, 6) is 4.03. The fourth-order valence-corrected chi connectivity index (χ4v) is 3.83. The second-order valence-corrected chi connectivity index (χ2v) is 7.65. The number of imidazole rings is 1. The van der Waals surface area contributed by atoms with Gasteiger partial charge in [-0.3, -0.25) is 9.19 Å². The molecule has 0 amide bonds. The van der Waals surface area contributed by atoms with Gasteiger partial charge in [-0.1, -0.05) is 5.92 Å². The number of nitrogens with one attached hydrogen (secondary N) is 1. The number of nitrogens with zero attached hydrogens (tertiary/aromatic N) is 2. The van der Waals surface area contributed by atoms with Crippen molar-refractivity contribution in [3.05, 3.63) is 41.7 Å². The third-order valence-electron chi connectivity index (χ3n) is 4.25. The van der Waals surface area contributed by atoms with Gasteiger partial charge in [0.05, 0.1) is 39.9 Å². The lowest BCUT2D eigenvalue weighted by Gasteiger charge is -2.11. The summed E-state index contributed by atoms with van der Waals surface area (Å²) >= 11 is 0. The van der Waals surface area contributed by atoms with Crippen LogP contribution in [0.2, 0.25) is 0 Å². The highest BCUT2D eigenvalue weighted by molar-refractivity contribution is 7.84. The third kappa shape index (κ3) is 5.34. The van der Waals surface area contributed by atoms with Crippen LogP contribution in [0.1, 0.15) is 17.7 Å². The van der Waals surface area contributed by atoms with Crippen molar-refractivity contribution >= 4 is 21.8 Å². The minimum Gasteiger partial charge on any atom is -0.493 e. The summed E-state index contributed by atoms with van der Waals surface area (Å²) in [6.07, 6.45) is 7.68. The van der Waals surface area contributed by atoms with Crippen molar-refractivity contribution in [2.75, 3.05) is 26.9 Å². The van der Waals surface area contributed by atoms with Gasteiger partial charge in [-0.15, -0.1) is 6.42 Å². The van der Waals surface area contributed by atoms with E-state index in [1.165, 1.54) is 0 Å². The number of aromatic amines is 1. The number of ether oxygens (including phenoxy) is 3. The maximum absolute atomic E-state index is 12.9. The number of terminal acetylenes is 1. The van der Waals surface area contributed by atoms with Crippen LogP contribution in [0.25, 0.3) is 11.0 Å². The number of benzene rings is 1. The van der Waals surface area contributed by atoms with E-state index in [-0.39, 0.29) is 12.4 Å². The van der Waals surface area contributed by atoms with E-state index in [0.717, 1.165) is 23.3 Å². The van der Waals surface area contributed by atoms with Gasteiger partial charge in [0.1, 0.15) is 18.1 Å². The SMILES string of the molecule is C#CCOc1ccc2nc(S(=O)Cc3nccc(OCCCOC)c3C)[nH]c2c1. The van der Waals surface area contributed by atoms with Crippen LogP contribution >= 0.6 is 0 Å². The summed E-state index contributed by atoms with van der Waals surface area (Å²) in [6.45, 7) is 3.30. The number of pyridine rings is 1. The maximum Gasteiger partial charge on any atom is 0.197 e. The summed E-state index contributed by atoms with van der Waals surface area (Å²) in [4.78, 5) is 11.9. The van der Waals surface area contributed by atoms with Gasteiger partial charge in [-0.05, 0) is 25.1 Å². The second kappa shape index (κ2) is 10.0. The molecule has 29 heavy (non-hydrogen) atoms. The Morgan fingerprint density at radius 1 is 1.24 bits per heavy atom. The van der Waals surface area contributed by atoms with Crippen molar-refractivity contribution in [3.63, 3.8) is 0 Å². The maximum atomic E-state index is 12.9. The molecule has 3 aromatic rings. The molecule has 0 aliphatic carbocycles. The van der Waals surface area contributed by atoms with E-state index in [4.69, 9.17) is 20.6 Å². The number of H-pyrrole nitrogens is 1. The molecule has 0 aliphatic heterocycles. The molecule has 0 radical (unpaired) electrons. The van der Waals surface area contributed by atoms with Gasteiger partial charge >= 0.3 is 0 Å². The van der Waals surface area contributed by atoms with Gasteiger partial charge in [-0.2, -0.15) is 0 Å². The molecule has 7 nitrogen and oxygen atoms in total. The lowest BCUT2D eigenvalue weighted by atomic mass is 10.2. The van der Waals surface area contributed by atoms with Crippen LogP contribution < -0.4 is 9.47 Å². The van der Waals surface area contributed by atoms with Crippen LogP contribution in [-0.2, 0) is 21.3 Å². The highest BCUT2D eigenvalue weighted by Crippen LogP contribution is 2.24. The van der Waals surface area contributed by atoms with Gasteiger partial charge in [0.25, 0.3) is 0 Å². The summed E-state index contributed by atoms with van der Waals surface area (Å²) < 4.78 is 29.1. The normalized spacial score (nSPS) is 11.9. The monoisotopic (exact) mass is 413 g/mol. The molecule has 0 saturated carbocycles. The molecule has 1 unspecified atom stereocenters. The lowest BCUT2D eigenvalue weighted by Crippen LogP contribution is -2.06. The Labute approximate surface area is 172 Å². The van der Waals surface area contributed by atoms with E-state index in [1.54, 1.807) is 31.5 Å². The van der Waals surface area contributed by atoms with E-state index < -0.39 is 10.8 Å². The van der Waals surface area contributed by atoms with E-state index in [2.05, 4.69) is 20.9 Å². The first kappa shape index (κ1) is 20.8. The van der Waals surface area contributed by atoms with Gasteiger partial charge in [0.2, 0.25) is 0 Å². The molecule has 8 heteroatoms. The van der Waals surface area contributed by atoms with E-state index >= 15 is 0 Å². The zero-order chi connectivity index (χ0) is 20.6. The standard InChI is InChI=1S/C21H23N3O4S/c1-4-10-27-16-6-7-17-18(13-16)24-21(23-17)29(25)14-19-15(2)20(8-9-22-19)28-12-5-11-26-3/h1,6-9,13H,5,10-12,14H2,2-3H3,(H,23,24). The Balaban J connectivity index is 1.72. The molecular weight excluding hydrogens is 390 g/mol. The minimum absolute atomic E-state index is 0.188. The molecule has 2 heterocycles. The van der Waals surface area contributed by atoms with Crippen LogP contribution in [0.15, 0.2) is 35.6 Å². The molecule has 0 saturated heterocycles. The van der Waals surface area contributed by atoms with Crippen LogP contribution in [-0.4, -0.2) is 46.1 Å². The Bertz CT molecular complexity index is 1040. The van der Waals surface area contributed by atoms with Crippen molar-refractivity contribution in [1.82, 2.24) is 15.0 Å². The zero-order valence-corrected chi connectivity index (χ0v) is 17.3. The van der Waals surface area contributed by atoms with Crippen LogP contribution in [0, 0.1) is 19.3 Å². The molecule has 3 rings (SSSR count). The summed E-state index contributed by atoms with van der Waals surface area (Å²) in [6, 6.07) is 7.19. The minimum atomic E-state index is -1.38. The molecule has 0 fully saturated rings. The summed E-state index contributed by atoms with van der Waals surface area (Å²) in [5.41, 5.74) is 3.04. The fraction of sp³-hybridized carbons (Fsp3) is 0.333. The molecule has 1 aromatic carbocycles. The van der Waals surface area contributed by atoms with E-state index in [0.29, 0.717) is 35.3 Å². The number of aromatic nitrogens is 3. The Morgan fingerprint density at radius 2 is 2.10 bits per heavy atom. The first-order chi connectivity index (χ1) is 14.1. The summed E-state index contributed by atoms with van der Waals surface area (Å²) in [5, 5.41) is 0.390. The van der Waals surface area contributed by atoms with Crippen LogP contribution in [0.4, 0.5) is 0 Å². The summed E-state index contributed by atoms with van der Waals surface area (Å²) in [7, 11) is 0.277. The van der Waals surface area contributed by atoms with Crippen molar-refractivity contribution < 1.29 is 18.4 Å². The van der Waals surface area contributed by atoms with Gasteiger partial charge in [0.15, 0.2) is 5.16 Å². The highest BCUT2D eigenvalue weighted by Gasteiger charge is 2.15. The Kier molecular flexibility index (Phi) is 7.22. The average molecular weight is 413 g/mol. The number of rotatable bonds is 10. The second-order valence-electron chi connectivity index (χ2n) is 6.28. The van der Waals surface area contributed by atoms with Gasteiger partial charge < -0.3 is 19.2 Å². The van der Waals surface area contributed by atoms with E-state index in [9.17, 15) is 4.21 Å². The van der Waals surface area contributed by atoms with Crippen LogP contribution in [0.3, 0.4) is 0 Å². The zero-order valence-electron chi connectivity index (χ0n) is 16.4. The fourth-order valence-electron chi connectivity index (χ4n) is 2.73. The smallest absolute Gasteiger partial charge is 0.197 e. The molecule has 1 atom stereocenters. The van der Waals surface area contributed by atoms with Crippen LogP contribution in [0.5, 0.6) is 11.5 Å². The number of methoxy groups -OCH3 is 1. The van der Waals surface area contributed by atoms with Crippen molar-refractivity contribution in [1.29, 1.82) is 0 Å². The van der Waals surface area contributed by atoms with Crippen molar-refractivity contribution in [2.24, 2.45) is 0 Å². The first-order valence-electron chi connectivity index (χ1n) is 9.13. The van der Waals surface area contributed by atoms with E-state index in [1.807, 2.05) is 13.0 Å². The number of hydrogen-bond donors (Lipinski definition) is 1.